The van der Waals surface area contributed by atoms with Gasteiger partial charge in [0.25, 0.3) is 17.5 Å². The first-order valence-electron chi connectivity index (χ1n) is 11.4. The van der Waals surface area contributed by atoms with Crippen LogP contribution in [0.4, 0.5) is 10.8 Å². The monoisotopic (exact) mass is 485 g/mol. The highest BCUT2D eigenvalue weighted by molar-refractivity contribution is 7.15. The number of nitro groups is 1. The summed E-state index contributed by atoms with van der Waals surface area (Å²) in [7, 11) is 0. The number of amides is 3. The molecule has 0 atom stereocenters. The lowest BCUT2D eigenvalue weighted by Crippen LogP contribution is -2.32. The number of anilines is 1. The number of rotatable bonds is 8. The van der Waals surface area contributed by atoms with Crippen molar-refractivity contribution >= 4 is 39.9 Å². The van der Waals surface area contributed by atoms with Gasteiger partial charge < -0.3 is 5.32 Å². The number of aryl methyl sites for hydroxylation is 1. The first-order valence-corrected chi connectivity index (χ1v) is 12.2. The molecule has 10 nitrogen and oxygen atoms in total. The molecule has 0 bridgehead atoms. The largest absolute Gasteiger partial charge is 0.302 e. The fraction of sp³-hybridized carbons (Fsp3) is 0.478. The highest BCUT2D eigenvalue weighted by Gasteiger charge is 2.40. The van der Waals surface area contributed by atoms with Gasteiger partial charge in [-0.25, -0.2) is 4.98 Å². The van der Waals surface area contributed by atoms with Crippen LogP contribution in [0.25, 0.3) is 0 Å². The van der Waals surface area contributed by atoms with Crippen LogP contribution in [0.1, 0.15) is 63.9 Å². The lowest BCUT2D eigenvalue weighted by atomic mass is 9.99. The minimum absolute atomic E-state index is 0.00640. The first-order chi connectivity index (χ1) is 16.2. The second-order valence-electron chi connectivity index (χ2n) is 8.86. The maximum Gasteiger partial charge on any atom is 0.282 e. The van der Waals surface area contributed by atoms with Gasteiger partial charge in [-0.3, -0.25) is 34.3 Å². The number of carbonyl (C=O) groups is 3. The van der Waals surface area contributed by atoms with E-state index >= 15 is 0 Å². The molecule has 1 N–H and O–H groups in total. The number of hydrogen-bond donors (Lipinski definition) is 1. The Kier molecular flexibility index (Phi) is 7.03. The standard InChI is InChI=1S/C23H27N5O5S/c1-14-8-11-26(12-9-14)13-18-15(2)24-23(34-18)25-19(29)7-4-10-27-21(30)16-5-3-6-17(28(32)33)20(16)22(27)31/h3,5-6,14H,4,7-13H2,1-2H3,(H,24,25,29). The Morgan fingerprint density at radius 3 is 2.71 bits per heavy atom. The van der Waals surface area contributed by atoms with E-state index in [4.69, 9.17) is 0 Å². The van der Waals surface area contributed by atoms with Crippen molar-refractivity contribution in [3.8, 4) is 0 Å². The summed E-state index contributed by atoms with van der Waals surface area (Å²) in [5.74, 6) is -0.754. The van der Waals surface area contributed by atoms with Gasteiger partial charge in [-0.2, -0.15) is 0 Å². The van der Waals surface area contributed by atoms with Gasteiger partial charge in [0, 0.05) is 30.5 Å². The number of likely N-dealkylation sites (tertiary alicyclic amines) is 1. The van der Waals surface area contributed by atoms with Crippen LogP contribution in [0.3, 0.4) is 0 Å². The zero-order valence-corrected chi connectivity index (χ0v) is 20.0. The third kappa shape index (κ3) is 5.00. The Balaban J connectivity index is 1.29. The summed E-state index contributed by atoms with van der Waals surface area (Å²) in [6, 6.07) is 3.99. The first kappa shape index (κ1) is 24.0. The van der Waals surface area contributed by atoms with Crippen LogP contribution in [0.15, 0.2) is 18.2 Å². The maximum absolute atomic E-state index is 12.6. The Hall–Kier alpha value is -3.18. The lowest BCUT2D eigenvalue weighted by molar-refractivity contribution is -0.385. The van der Waals surface area contributed by atoms with E-state index in [0.717, 1.165) is 41.0 Å². The Bertz CT molecular complexity index is 1140. The van der Waals surface area contributed by atoms with Crippen LogP contribution in [0, 0.1) is 23.0 Å². The second kappa shape index (κ2) is 9.98. The Labute approximate surface area is 201 Å². The van der Waals surface area contributed by atoms with Gasteiger partial charge in [0.1, 0.15) is 5.56 Å². The molecule has 4 rings (SSSR count). The molecule has 2 aliphatic heterocycles. The van der Waals surface area contributed by atoms with Gasteiger partial charge in [0.2, 0.25) is 5.91 Å². The zero-order valence-electron chi connectivity index (χ0n) is 19.2. The number of piperidine rings is 1. The number of fused-ring (bicyclic) bond motifs is 1. The van der Waals surface area contributed by atoms with Crippen molar-refractivity contribution in [2.45, 2.75) is 46.1 Å². The number of nitro benzene ring substituents is 1. The topological polar surface area (TPSA) is 126 Å². The molecule has 0 saturated carbocycles. The number of aromatic nitrogens is 1. The summed E-state index contributed by atoms with van der Waals surface area (Å²) in [5.41, 5.74) is 0.366. The number of hydrogen-bond acceptors (Lipinski definition) is 8. The van der Waals surface area contributed by atoms with Crippen molar-refractivity contribution in [1.82, 2.24) is 14.8 Å². The molecule has 0 spiro atoms. The zero-order chi connectivity index (χ0) is 24.4. The molecular formula is C23H27N5O5S. The van der Waals surface area contributed by atoms with Crippen molar-refractivity contribution in [3.05, 3.63) is 50.0 Å². The fourth-order valence-corrected chi connectivity index (χ4v) is 5.32. The normalized spacial score (nSPS) is 16.7. The number of imide groups is 1. The van der Waals surface area contributed by atoms with E-state index in [2.05, 4.69) is 22.1 Å². The Morgan fingerprint density at radius 2 is 2.00 bits per heavy atom. The van der Waals surface area contributed by atoms with Crippen molar-refractivity contribution < 1.29 is 19.3 Å². The van der Waals surface area contributed by atoms with Gasteiger partial charge in [-0.05, 0) is 51.3 Å². The average molecular weight is 486 g/mol. The van der Waals surface area contributed by atoms with Gasteiger partial charge in [0.05, 0.1) is 16.2 Å². The second-order valence-corrected chi connectivity index (χ2v) is 9.94. The van der Waals surface area contributed by atoms with Gasteiger partial charge in [-0.1, -0.05) is 13.0 Å². The smallest absolute Gasteiger partial charge is 0.282 e. The molecule has 34 heavy (non-hydrogen) atoms. The van der Waals surface area contributed by atoms with Gasteiger partial charge in [0.15, 0.2) is 5.13 Å². The van der Waals surface area contributed by atoms with Crippen LogP contribution >= 0.6 is 11.3 Å². The SMILES string of the molecule is Cc1nc(NC(=O)CCCN2C(=O)c3cccc([N+](=O)[O-])c3C2=O)sc1CN1CCC(C)CC1. The van der Waals surface area contributed by atoms with E-state index in [-0.39, 0.29) is 42.1 Å². The molecule has 0 aliphatic carbocycles. The lowest BCUT2D eigenvalue weighted by Gasteiger charge is -2.29. The quantitative estimate of drug-likeness (QED) is 0.344. The summed E-state index contributed by atoms with van der Waals surface area (Å²) in [4.78, 5) is 57.1. The van der Waals surface area contributed by atoms with Crippen molar-refractivity contribution in [1.29, 1.82) is 0 Å². The molecule has 2 aromatic rings. The third-order valence-electron chi connectivity index (χ3n) is 6.34. The minimum atomic E-state index is -0.694. The molecule has 0 radical (unpaired) electrons. The molecule has 1 aromatic carbocycles. The number of thiazole rings is 1. The predicted octanol–water partition coefficient (Wildman–Crippen LogP) is 3.61. The number of nitrogens with one attached hydrogen (secondary N) is 1. The van der Waals surface area contributed by atoms with E-state index in [1.807, 2.05) is 6.92 Å². The molecule has 1 aromatic heterocycles. The minimum Gasteiger partial charge on any atom is -0.302 e. The third-order valence-corrected chi connectivity index (χ3v) is 7.40. The number of benzene rings is 1. The highest BCUT2D eigenvalue weighted by Crippen LogP contribution is 2.31. The van der Waals surface area contributed by atoms with Crippen LogP contribution in [0.2, 0.25) is 0 Å². The van der Waals surface area contributed by atoms with Crippen molar-refractivity contribution in [3.63, 3.8) is 0 Å². The fourth-order valence-electron chi connectivity index (χ4n) is 4.30. The number of carbonyl (C=O) groups excluding carboxylic acids is 3. The van der Waals surface area contributed by atoms with Crippen LogP contribution in [0.5, 0.6) is 0 Å². The van der Waals surface area contributed by atoms with Gasteiger partial charge >= 0.3 is 0 Å². The van der Waals surface area contributed by atoms with Crippen LogP contribution in [-0.4, -0.2) is 57.1 Å². The van der Waals surface area contributed by atoms with Crippen molar-refractivity contribution in [2.75, 3.05) is 25.0 Å². The predicted molar refractivity (Wildman–Crippen MR) is 127 cm³/mol. The highest BCUT2D eigenvalue weighted by atomic mass is 32.1. The molecule has 3 heterocycles. The molecule has 1 saturated heterocycles. The Morgan fingerprint density at radius 1 is 1.26 bits per heavy atom. The summed E-state index contributed by atoms with van der Waals surface area (Å²) in [5, 5.41) is 14.6. The van der Waals surface area contributed by atoms with E-state index in [1.54, 1.807) is 0 Å². The summed E-state index contributed by atoms with van der Waals surface area (Å²) in [6.45, 7) is 7.20. The molecule has 2 aliphatic rings. The van der Waals surface area contributed by atoms with E-state index < -0.39 is 16.7 Å². The molecule has 180 valence electrons. The molecule has 1 fully saturated rings. The van der Waals surface area contributed by atoms with Crippen LogP contribution in [-0.2, 0) is 11.3 Å². The summed E-state index contributed by atoms with van der Waals surface area (Å²) in [6.07, 6.45) is 2.73. The van der Waals surface area contributed by atoms with Gasteiger partial charge in [-0.15, -0.1) is 11.3 Å². The van der Waals surface area contributed by atoms with E-state index in [1.165, 1.54) is 42.4 Å². The van der Waals surface area contributed by atoms with Crippen LogP contribution < -0.4 is 5.32 Å². The molecule has 3 amide bonds. The summed E-state index contributed by atoms with van der Waals surface area (Å²) < 4.78 is 0. The van der Waals surface area contributed by atoms with Crippen molar-refractivity contribution in [2.24, 2.45) is 5.92 Å². The molecule has 0 unspecified atom stereocenters. The molecular weight excluding hydrogens is 458 g/mol. The molecule has 11 heteroatoms. The average Bonchev–Trinajstić information content (AvgIpc) is 3.26. The maximum atomic E-state index is 12.6. The number of nitrogens with zero attached hydrogens (tertiary/aromatic N) is 4. The summed E-state index contributed by atoms with van der Waals surface area (Å²) >= 11 is 1.47. The van der Waals surface area contributed by atoms with E-state index in [9.17, 15) is 24.5 Å². The van der Waals surface area contributed by atoms with E-state index in [0.29, 0.717) is 5.13 Å².